The number of imide groups is 1. The van der Waals surface area contributed by atoms with Gasteiger partial charge in [0, 0.05) is 15.1 Å². The Bertz CT molecular complexity index is 823. The summed E-state index contributed by atoms with van der Waals surface area (Å²) in [6.45, 7) is 1.74. The van der Waals surface area contributed by atoms with Gasteiger partial charge in [0.15, 0.2) is 0 Å². The highest BCUT2D eigenvalue weighted by atomic mass is 35.5. The number of carbonyl (C=O) groups is 2. The summed E-state index contributed by atoms with van der Waals surface area (Å²) in [5.74, 6) is -0.346. The fraction of sp³-hybridized carbons (Fsp3) is 0.176. The van der Waals surface area contributed by atoms with E-state index in [9.17, 15) is 9.59 Å². The molecule has 0 aliphatic carbocycles. The van der Waals surface area contributed by atoms with E-state index in [1.54, 1.807) is 49.4 Å². The Morgan fingerprint density at radius 3 is 2.25 bits per heavy atom. The van der Waals surface area contributed by atoms with Crippen molar-refractivity contribution in [3.63, 3.8) is 0 Å². The molecular formula is C17H13Cl3N2O2. The second-order valence-corrected chi connectivity index (χ2v) is 6.97. The van der Waals surface area contributed by atoms with E-state index in [1.807, 2.05) is 0 Å². The van der Waals surface area contributed by atoms with E-state index in [1.165, 1.54) is 0 Å². The van der Waals surface area contributed by atoms with Crippen LogP contribution in [0.1, 0.15) is 18.1 Å². The Balaban J connectivity index is 1.90. The van der Waals surface area contributed by atoms with Crippen LogP contribution in [0.2, 0.25) is 15.1 Å². The summed E-state index contributed by atoms with van der Waals surface area (Å²) in [5.41, 5.74) is 0.167. The Hall–Kier alpha value is -1.75. The van der Waals surface area contributed by atoms with E-state index >= 15 is 0 Å². The van der Waals surface area contributed by atoms with Gasteiger partial charge in [-0.05, 0) is 42.3 Å². The number of urea groups is 1. The van der Waals surface area contributed by atoms with Crippen LogP contribution in [0.15, 0.2) is 42.5 Å². The molecule has 24 heavy (non-hydrogen) atoms. The summed E-state index contributed by atoms with van der Waals surface area (Å²) in [6, 6.07) is 11.3. The summed E-state index contributed by atoms with van der Waals surface area (Å²) in [4.78, 5) is 26.3. The highest BCUT2D eigenvalue weighted by Crippen LogP contribution is 2.31. The standard InChI is InChI=1S/C17H13Cl3N2O2/c1-17(11-3-6-12(18)7-4-11)15(23)22(16(24)21-17)9-10-2-5-13(19)8-14(10)20/h2-8H,9H2,1H3,(H,21,24). The van der Waals surface area contributed by atoms with Crippen molar-refractivity contribution in [1.82, 2.24) is 10.2 Å². The molecule has 1 heterocycles. The van der Waals surface area contributed by atoms with Crippen LogP contribution in [-0.4, -0.2) is 16.8 Å². The number of amides is 3. The zero-order chi connectivity index (χ0) is 17.5. The molecule has 124 valence electrons. The quantitative estimate of drug-likeness (QED) is 0.787. The van der Waals surface area contributed by atoms with Crippen molar-refractivity contribution in [3.8, 4) is 0 Å². The van der Waals surface area contributed by atoms with Crippen LogP contribution in [0, 0.1) is 0 Å². The number of nitrogens with zero attached hydrogens (tertiary/aromatic N) is 1. The maximum atomic E-state index is 12.8. The number of rotatable bonds is 3. The minimum Gasteiger partial charge on any atom is -0.319 e. The van der Waals surface area contributed by atoms with Crippen molar-refractivity contribution in [3.05, 3.63) is 68.7 Å². The first-order valence-corrected chi connectivity index (χ1v) is 8.29. The largest absolute Gasteiger partial charge is 0.325 e. The van der Waals surface area contributed by atoms with Gasteiger partial charge in [0.05, 0.1) is 6.54 Å². The third-order valence-corrected chi connectivity index (χ3v) is 4.88. The van der Waals surface area contributed by atoms with Crippen molar-refractivity contribution >= 4 is 46.7 Å². The topological polar surface area (TPSA) is 49.4 Å². The molecule has 1 aliphatic rings. The average molecular weight is 384 g/mol. The monoisotopic (exact) mass is 382 g/mol. The number of carbonyl (C=O) groups excluding carboxylic acids is 2. The smallest absolute Gasteiger partial charge is 0.319 e. The van der Waals surface area contributed by atoms with Crippen molar-refractivity contribution in [1.29, 1.82) is 0 Å². The number of hydrogen-bond acceptors (Lipinski definition) is 2. The molecule has 0 bridgehead atoms. The van der Waals surface area contributed by atoms with Gasteiger partial charge in [-0.25, -0.2) is 4.79 Å². The zero-order valence-corrected chi connectivity index (χ0v) is 14.9. The fourth-order valence-corrected chi connectivity index (χ4v) is 3.23. The van der Waals surface area contributed by atoms with E-state index in [0.29, 0.717) is 26.2 Å². The van der Waals surface area contributed by atoms with Gasteiger partial charge < -0.3 is 5.32 Å². The van der Waals surface area contributed by atoms with Gasteiger partial charge in [-0.3, -0.25) is 9.69 Å². The van der Waals surface area contributed by atoms with E-state index in [0.717, 1.165) is 4.90 Å². The molecule has 1 aliphatic heterocycles. The predicted molar refractivity (Wildman–Crippen MR) is 94.3 cm³/mol. The summed E-state index contributed by atoms with van der Waals surface area (Å²) in [5, 5.41) is 4.20. The van der Waals surface area contributed by atoms with Crippen LogP contribution in [0.25, 0.3) is 0 Å². The molecule has 0 saturated carbocycles. The molecule has 1 saturated heterocycles. The molecule has 1 N–H and O–H groups in total. The molecule has 3 rings (SSSR count). The first kappa shape index (κ1) is 17.1. The highest BCUT2D eigenvalue weighted by Gasteiger charge is 2.48. The van der Waals surface area contributed by atoms with Crippen LogP contribution < -0.4 is 5.32 Å². The molecule has 3 amide bonds. The summed E-state index contributed by atoms with van der Waals surface area (Å²) in [6.07, 6.45) is 0. The lowest BCUT2D eigenvalue weighted by Gasteiger charge is -2.22. The molecule has 1 unspecified atom stereocenters. The number of benzene rings is 2. The molecular weight excluding hydrogens is 371 g/mol. The van der Waals surface area contributed by atoms with Crippen LogP contribution in [0.5, 0.6) is 0 Å². The Labute approximate surface area is 154 Å². The first-order valence-electron chi connectivity index (χ1n) is 7.15. The molecule has 0 spiro atoms. The molecule has 2 aromatic rings. The molecule has 0 aromatic heterocycles. The zero-order valence-electron chi connectivity index (χ0n) is 12.6. The predicted octanol–water partition coefficient (Wildman–Crippen LogP) is 4.61. The lowest BCUT2D eigenvalue weighted by atomic mass is 9.92. The van der Waals surface area contributed by atoms with Crippen molar-refractivity contribution in [2.24, 2.45) is 0 Å². The van der Waals surface area contributed by atoms with E-state index < -0.39 is 11.6 Å². The summed E-state index contributed by atoms with van der Waals surface area (Å²) < 4.78 is 0. The number of halogens is 3. The summed E-state index contributed by atoms with van der Waals surface area (Å²) in [7, 11) is 0. The van der Waals surface area contributed by atoms with Crippen molar-refractivity contribution in [2.75, 3.05) is 0 Å². The van der Waals surface area contributed by atoms with Crippen LogP contribution in [0.3, 0.4) is 0 Å². The van der Waals surface area contributed by atoms with Gasteiger partial charge in [-0.1, -0.05) is 53.0 Å². The molecule has 0 radical (unpaired) electrons. The van der Waals surface area contributed by atoms with Gasteiger partial charge in [0.1, 0.15) is 5.54 Å². The van der Waals surface area contributed by atoms with Crippen LogP contribution >= 0.6 is 34.8 Å². The molecule has 4 nitrogen and oxygen atoms in total. The van der Waals surface area contributed by atoms with Crippen molar-refractivity contribution in [2.45, 2.75) is 19.0 Å². The number of nitrogens with one attached hydrogen (secondary N) is 1. The number of hydrogen-bond donors (Lipinski definition) is 1. The van der Waals surface area contributed by atoms with Gasteiger partial charge in [-0.2, -0.15) is 0 Å². The van der Waals surface area contributed by atoms with Gasteiger partial charge in [0.25, 0.3) is 5.91 Å². The maximum Gasteiger partial charge on any atom is 0.325 e. The Morgan fingerprint density at radius 2 is 1.62 bits per heavy atom. The van der Waals surface area contributed by atoms with Gasteiger partial charge in [-0.15, -0.1) is 0 Å². The average Bonchev–Trinajstić information content (AvgIpc) is 2.74. The lowest BCUT2D eigenvalue weighted by molar-refractivity contribution is -0.131. The fourth-order valence-electron chi connectivity index (χ4n) is 2.64. The molecule has 2 aromatic carbocycles. The third kappa shape index (κ3) is 2.97. The third-order valence-electron chi connectivity index (χ3n) is 4.04. The van der Waals surface area contributed by atoms with Crippen molar-refractivity contribution < 1.29 is 9.59 Å². The Morgan fingerprint density at radius 1 is 1.00 bits per heavy atom. The summed E-state index contributed by atoms with van der Waals surface area (Å²) >= 11 is 17.9. The second-order valence-electron chi connectivity index (χ2n) is 5.69. The minimum atomic E-state index is -1.14. The normalized spacial score (nSPS) is 20.4. The second kappa shape index (κ2) is 6.28. The highest BCUT2D eigenvalue weighted by molar-refractivity contribution is 6.35. The van der Waals surface area contributed by atoms with Gasteiger partial charge in [0.2, 0.25) is 0 Å². The first-order chi connectivity index (χ1) is 11.3. The van der Waals surface area contributed by atoms with E-state index in [-0.39, 0.29) is 12.5 Å². The minimum absolute atomic E-state index is 0.0733. The van der Waals surface area contributed by atoms with Gasteiger partial charge >= 0.3 is 6.03 Å². The van der Waals surface area contributed by atoms with Crippen LogP contribution in [-0.2, 0) is 16.9 Å². The SMILES string of the molecule is CC1(c2ccc(Cl)cc2)NC(=O)N(Cc2ccc(Cl)cc2Cl)C1=O. The molecule has 1 fully saturated rings. The lowest BCUT2D eigenvalue weighted by Crippen LogP contribution is -2.40. The molecule has 7 heteroatoms. The molecule has 1 atom stereocenters. The van der Waals surface area contributed by atoms with E-state index in [2.05, 4.69) is 5.32 Å². The maximum absolute atomic E-state index is 12.8. The van der Waals surface area contributed by atoms with Crippen LogP contribution in [0.4, 0.5) is 4.79 Å². The Kier molecular flexibility index (Phi) is 4.47. The van der Waals surface area contributed by atoms with E-state index in [4.69, 9.17) is 34.8 Å².